The van der Waals surface area contributed by atoms with Crippen LogP contribution >= 0.6 is 24.0 Å². The number of thioether (sulfide) groups is 1. The summed E-state index contributed by atoms with van der Waals surface area (Å²) < 4.78 is 0. The Labute approximate surface area is 106 Å². The van der Waals surface area contributed by atoms with Gasteiger partial charge in [-0.1, -0.05) is 26.1 Å². The van der Waals surface area contributed by atoms with Crippen LogP contribution in [-0.2, 0) is 4.79 Å². The van der Waals surface area contributed by atoms with Crippen molar-refractivity contribution < 1.29 is 4.79 Å². The summed E-state index contributed by atoms with van der Waals surface area (Å²) in [4.78, 5) is 14.7. The van der Waals surface area contributed by atoms with E-state index >= 15 is 0 Å². The molecule has 90 valence electrons. The maximum atomic E-state index is 12.4. The summed E-state index contributed by atoms with van der Waals surface area (Å²) in [5, 5.41) is 1.02. The minimum Gasteiger partial charge on any atom is -0.392 e. The Hall–Kier alpha value is -0.290. The lowest BCUT2D eigenvalue weighted by Crippen LogP contribution is -2.49. The summed E-state index contributed by atoms with van der Waals surface area (Å²) in [6, 6.07) is 0. The van der Waals surface area contributed by atoms with Gasteiger partial charge in [-0.2, -0.15) is 11.8 Å². The molecule has 0 aromatic heterocycles. The van der Waals surface area contributed by atoms with Gasteiger partial charge in [0.15, 0.2) is 0 Å². The predicted molar refractivity (Wildman–Crippen MR) is 71.5 cm³/mol. The van der Waals surface area contributed by atoms with Crippen LogP contribution in [0.5, 0.6) is 0 Å². The fourth-order valence-electron chi connectivity index (χ4n) is 2.34. The zero-order valence-corrected chi connectivity index (χ0v) is 11.4. The molecule has 0 aromatic carbocycles. The molecule has 1 saturated heterocycles. The number of nitrogens with two attached hydrogens (primary N) is 1. The smallest absolute Gasteiger partial charge is 0.235 e. The van der Waals surface area contributed by atoms with Crippen molar-refractivity contribution in [2.45, 2.75) is 37.2 Å². The molecule has 0 spiro atoms. The van der Waals surface area contributed by atoms with Crippen LogP contribution in [0.25, 0.3) is 0 Å². The molecule has 0 aromatic rings. The summed E-state index contributed by atoms with van der Waals surface area (Å²) in [5.74, 6) is 0.166. The predicted octanol–water partition coefficient (Wildman–Crippen LogP) is 1.41. The minimum atomic E-state index is -0.475. The lowest BCUT2D eigenvalue weighted by molar-refractivity contribution is -0.134. The number of amides is 1. The molecule has 1 aliphatic carbocycles. The number of carbonyl (C=O) groups excluding carboxylic acids is 1. The fourth-order valence-corrected chi connectivity index (χ4v) is 3.95. The number of hydrogen-bond acceptors (Lipinski definition) is 3. The summed E-state index contributed by atoms with van der Waals surface area (Å²) in [6.45, 7) is 6.00. The molecule has 2 fully saturated rings. The van der Waals surface area contributed by atoms with E-state index in [1.807, 2.05) is 16.7 Å². The second-order valence-electron chi connectivity index (χ2n) is 4.91. The molecule has 2 unspecified atom stereocenters. The molecule has 1 heterocycles. The van der Waals surface area contributed by atoms with Gasteiger partial charge in [-0.3, -0.25) is 4.79 Å². The molecule has 1 saturated carbocycles. The first kappa shape index (κ1) is 12.2. The molecule has 16 heavy (non-hydrogen) atoms. The average molecular weight is 258 g/mol. The Morgan fingerprint density at radius 3 is 2.25 bits per heavy atom. The van der Waals surface area contributed by atoms with Gasteiger partial charge in [0.25, 0.3) is 0 Å². The standard InChI is InChI=1S/C11H18N2OS2/c1-7-5-13(6-8(2)16-7)10(14)11(3-4-11)9(12)15/h7-8H,3-6H2,1-2H3,(H2,12,15). The van der Waals surface area contributed by atoms with E-state index in [0.717, 1.165) is 25.9 Å². The molecular weight excluding hydrogens is 240 g/mol. The van der Waals surface area contributed by atoms with Crippen molar-refractivity contribution in [1.29, 1.82) is 0 Å². The van der Waals surface area contributed by atoms with Gasteiger partial charge in [-0.15, -0.1) is 0 Å². The Balaban J connectivity index is 2.07. The van der Waals surface area contributed by atoms with E-state index in [1.165, 1.54) is 0 Å². The van der Waals surface area contributed by atoms with Gasteiger partial charge in [0.05, 0.1) is 10.4 Å². The minimum absolute atomic E-state index is 0.166. The zero-order chi connectivity index (χ0) is 11.9. The van der Waals surface area contributed by atoms with E-state index in [0.29, 0.717) is 15.5 Å². The van der Waals surface area contributed by atoms with Crippen LogP contribution in [0.3, 0.4) is 0 Å². The van der Waals surface area contributed by atoms with Crippen molar-refractivity contribution in [3.8, 4) is 0 Å². The third-order valence-corrected chi connectivity index (χ3v) is 4.96. The number of thiocarbonyl (C=S) groups is 1. The van der Waals surface area contributed by atoms with Crippen molar-refractivity contribution in [2.24, 2.45) is 11.1 Å². The highest BCUT2D eigenvalue weighted by molar-refractivity contribution is 8.00. The summed E-state index contributed by atoms with van der Waals surface area (Å²) in [7, 11) is 0. The van der Waals surface area contributed by atoms with E-state index in [-0.39, 0.29) is 5.91 Å². The molecule has 0 radical (unpaired) electrons. The molecule has 5 heteroatoms. The molecular formula is C11H18N2OS2. The third kappa shape index (κ3) is 2.07. The SMILES string of the molecule is CC1CN(C(=O)C2(C(N)=S)CC2)CC(C)S1. The molecule has 2 atom stereocenters. The molecule has 3 nitrogen and oxygen atoms in total. The van der Waals surface area contributed by atoms with E-state index in [4.69, 9.17) is 18.0 Å². The second kappa shape index (κ2) is 4.18. The van der Waals surface area contributed by atoms with Gasteiger partial charge in [0, 0.05) is 23.6 Å². The highest BCUT2D eigenvalue weighted by atomic mass is 32.2. The van der Waals surface area contributed by atoms with Crippen molar-refractivity contribution >= 4 is 34.9 Å². The van der Waals surface area contributed by atoms with Gasteiger partial charge >= 0.3 is 0 Å². The molecule has 0 bridgehead atoms. The van der Waals surface area contributed by atoms with Crippen LogP contribution in [0.2, 0.25) is 0 Å². The number of nitrogens with zero attached hydrogens (tertiary/aromatic N) is 1. The van der Waals surface area contributed by atoms with E-state index in [9.17, 15) is 4.79 Å². The zero-order valence-electron chi connectivity index (χ0n) is 9.73. The van der Waals surface area contributed by atoms with Crippen molar-refractivity contribution in [1.82, 2.24) is 4.90 Å². The van der Waals surface area contributed by atoms with Crippen molar-refractivity contribution in [2.75, 3.05) is 13.1 Å². The van der Waals surface area contributed by atoms with Crippen molar-refractivity contribution in [3.05, 3.63) is 0 Å². The van der Waals surface area contributed by atoms with E-state index in [1.54, 1.807) is 0 Å². The van der Waals surface area contributed by atoms with Gasteiger partial charge in [-0.05, 0) is 12.8 Å². The Bertz CT molecular complexity index is 318. The summed E-state index contributed by atoms with van der Waals surface area (Å²) >= 11 is 6.97. The average Bonchev–Trinajstić information content (AvgIpc) is 2.95. The van der Waals surface area contributed by atoms with Gasteiger partial charge in [-0.25, -0.2) is 0 Å². The Kier molecular flexibility index (Phi) is 3.18. The largest absolute Gasteiger partial charge is 0.392 e. The Morgan fingerprint density at radius 2 is 1.88 bits per heavy atom. The Morgan fingerprint density at radius 1 is 1.38 bits per heavy atom. The van der Waals surface area contributed by atoms with Gasteiger partial charge in [0.2, 0.25) is 5.91 Å². The lowest BCUT2D eigenvalue weighted by Gasteiger charge is -2.36. The van der Waals surface area contributed by atoms with Crippen LogP contribution in [0.1, 0.15) is 26.7 Å². The fraction of sp³-hybridized carbons (Fsp3) is 0.818. The first-order chi connectivity index (χ1) is 7.45. The lowest BCUT2D eigenvalue weighted by atomic mass is 10.1. The normalized spacial score (nSPS) is 32.2. The van der Waals surface area contributed by atoms with E-state index in [2.05, 4.69) is 13.8 Å². The van der Waals surface area contributed by atoms with Crippen LogP contribution in [0, 0.1) is 5.41 Å². The number of carbonyl (C=O) groups is 1. The molecule has 2 aliphatic rings. The summed E-state index contributed by atoms with van der Waals surface area (Å²) in [6.07, 6.45) is 1.68. The van der Waals surface area contributed by atoms with E-state index < -0.39 is 5.41 Å². The van der Waals surface area contributed by atoms with Gasteiger partial charge < -0.3 is 10.6 Å². The van der Waals surface area contributed by atoms with Crippen LogP contribution in [-0.4, -0.2) is 39.4 Å². The highest BCUT2D eigenvalue weighted by Crippen LogP contribution is 2.48. The molecule has 1 amide bonds. The second-order valence-corrected chi connectivity index (χ2v) is 7.24. The topological polar surface area (TPSA) is 46.3 Å². The first-order valence-corrected chi connectivity index (χ1v) is 7.05. The maximum Gasteiger partial charge on any atom is 0.235 e. The number of rotatable bonds is 2. The molecule has 1 aliphatic heterocycles. The number of hydrogen-bond donors (Lipinski definition) is 1. The molecule has 2 rings (SSSR count). The van der Waals surface area contributed by atoms with Crippen molar-refractivity contribution in [3.63, 3.8) is 0 Å². The van der Waals surface area contributed by atoms with Crippen LogP contribution in [0.15, 0.2) is 0 Å². The summed E-state index contributed by atoms with van der Waals surface area (Å²) in [5.41, 5.74) is 5.21. The van der Waals surface area contributed by atoms with Gasteiger partial charge in [0.1, 0.15) is 0 Å². The molecule has 2 N–H and O–H groups in total. The first-order valence-electron chi connectivity index (χ1n) is 5.70. The van der Waals surface area contributed by atoms with Crippen LogP contribution < -0.4 is 5.73 Å². The third-order valence-electron chi connectivity index (χ3n) is 3.34. The van der Waals surface area contributed by atoms with Crippen LogP contribution in [0.4, 0.5) is 0 Å². The monoisotopic (exact) mass is 258 g/mol. The highest BCUT2D eigenvalue weighted by Gasteiger charge is 2.54. The maximum absolute atomic E-state index is 12.4. The quantitative estimate of drug-likeness (QED) is 0.761.